The summed E-state index contributed by atoms with van der Waals surface area (Å²) in [6.07, 6.45) is 26.9. The fourth-order valence-corrected chi connectivity index (χ4v) is 5.63. The van der Waals surface area contributed by atoms with Crippen LogP contribution in [0.5, 0.6) is 0 Å². The number of ketones is 1. The van der Waals surface area contributed by atoms with E-state index in [0.29, 0.717) is 17.6 Å². The van der Waals surface area contributed by atoms with Crippen molar-refractivity contribution in [1.29, 1.82) is 0 Å². The maximum Gasteiger partial charge on any atom is 0.135 e. The van der Waals surface area contributed by atoms with Gasteiger partial charge in [0.2, 0.25) is 0 Å². The molecule has 188 valence electrons. The second kappa shape index (κ2) is 18.2. The van der Waals surface area contributed by atoms with Crippen LogP contribution in [0.15, 0.2) is 24.3 Å². The van der Waals surface area contributed by atoms with Crippen LogP contribution < -0.4 is 0 Å². The normalized spacial score (nSPS) is 18.5. The van der Waals surface area contributed by atoms with Gasteiger partial charge in [-0.2, -0.15) is 0 Å². The van der Waals surface area contributed by atoms with Crippen LogP contribution in [-0.4, -0.2) is 5.78 Å². The third-order valence-electron chi connectivity index (χ3n) is 7.98. The van der Waals surface area contributed by atoms with Gasteiger partial charge in [-0.05, 0) is 62.0 Å². The second-order valence-corrected chi connectivity index (χ2v) is 10.9. The summed E-state index contributed by atoms with van der Waals surface area (Å²) < 4.78 is 0. The van der Waals surface area contributed by atoms with E-state index in [4.69, 9.17) is 0 Å². The molecule has 0 bridgehead atoms. The molecule has 1 aromatic rings. The van der Waals surface area contributed by atoms with Crippen LogP contribution in [0.1, 0.15) is 159 Å². The third-order valence-corrected chi connectivity index (χ3v) is 7.98. The topological polar surface area (TPSA) is 17.1 Å². The largest absolute Gasteiger partial charge is 0.299 e. The zero-order chi connectivity index (χ0) is 23.6. The van der Waals surface area contributed by atoms with Gasteiger partial charge >= 0.3 is 0 Å². The van der Waals surface area contributed by atoms with Gasteiger partial charge in [0.25, 0.3) is 0 Å². The molecule has 0 radical (unpaired) electrons. The van der Waals surface area contributed by atoms with Gasteiger partial charge < -0.3 is 0 Å². The first-order chi connectivity index (χ1) is 16.2. The number of carbonyl (C=O) groups excluding carboxylic acids is 1. The van der Waals surface area contributed by atoms with E-state index >= 15 is 0 Å². The summed E-state index contributed by atoms with van der Waals surface area (Å²) in [5.74, 6) is 1.58. The van der Waals surface area contributed by atoms with Gasteiger partial charge in [-0.25, -0.2) is 0 Å². The number of aryl methyl sites for hydroxylation is 1. The highest BCUT2D eigenvalue weighted by Crippen LogP contribution is 2.37. The number of hydrogen-bond donors (Lipinski definition) is 0. The fourth-order valence-electron chi connectivity index (χ4n) is 5.63. The first-order valence-corrected chi connectivity index (χ1v) is 14.9. The minimum absolute atomic E-state index is 0.350. The molecule has 1 aliphatic rings. The molecule has 33 heavy (non-hydrogen) atoms. The average molecular weight is 455 g/mol. The van der Waals surface area contributed by atoms with E-state index in [1.165, 1.54) is 120 Å². The predicted molar refractivity (Wildman–Crippen MR) is 145 cm³/mol. The predicted octanol–water partition coefficient (Wildman–Crippen LogP) is 10.4. The smallest absolute Gasteiger partial charge is 0.135 e. The van der Waals surface area contributed by atoms with Gasteiger partial charge in [0.1, 0.15) is 5.78 Å². The molecule has 0 amide bonds. The Morgan fingerprint density at radius 2 is 1.12 bits per heavy atom. The fraction of sp³-hybridized carbons (Fsp3) is 0.781. The van der Waals surface area contributed by atoms with Crippen LogP contribution in [0, 0.1) is 5.92 Å². The van der Waals surface area contributed by atoms with Crippen molar-refractivity contribution in [2.45, 2.75) is 155 Å². The van der Waals surface area contributed by atoms with Crippen LogP contribution in [0.4, 0.5) is 0 Å². The minimum atomic E-state index is 0.350. The molecule has 0 saturated heterocycles. The Balaban J connectivity index is 1.56. The van der Waals surface area contributed by atoms with Crippen molar-refractivity contribution in [1.82, 2.24) is 0 Å². The summed E-state index contributed by atoms with van der Waals surface area (Å²) in [5, 5.41) is 0. The summed E-state index contributed by atoms with van der Waals surface area (Å²) in [6, 6.07) is 9.50. The van der Waals surface area contributed by atoms with Crippen LogP contribution in [-0.2, 0) is 11.2 Å². The number of Topliss-reactive ketones (excluding diaryl/α,β-unsaturated/α-hetero) is 1. The first kappa shape index (κ1) is 28.1. The quantitative estimate of drug-likeness (QED) is 0.190. The van der Waals surface area contributed by atoms with E-state index in [9.17, 15) is 4.79 Å². The Hall–Kier alpha value is -1.11. The maximum absolute atomic E-state index is 12.6. The molecule has 0 spiro atoms. The van der Waals surface area contributed by atoms with Crippen molar-refractivity contribution in [3.63, 3.8) is 0 Å². The van der Waals surface area contributed by atoms with Crippen LogP contribution in [0.2, 0.25) is 0 Å². The highest BCUT2D eigenvalue weighted by atomic mass is 16.1. The van der Waals surface area contributed by atoms with Crippen molar-refractivity contribution in [3.05, 3.63) is 35.4 Å². The van der Waals surface area contributed by atoms with Crippen molar-refractivity contribution in [2.75, 3.05) is 0 Å². The molecule has 1 saturated carbocycles. The molecule has 1 aromatic carbocycles. The van der Waals surface area contributed by atoms with E-state index in [2.05, 4.69) is 38.1 Å². The summed E-state index contributed by atoms with van der Waals surface area (Å²) in [6.45, 7) is 4.55. The van der Waals surface area contributed by atoms with Gasteiger partial charge in [-0.1, -0.05) is 122 Å². The standard InChI is InChI=1S/C32H54O/c1-3-5-7-9-11-12-13-14-16-18-28-20-22-29(23-21-28)30-24-26-31(27-25-30)32(33)19-17-15-10-8-6-4-2/h20-23,30-31H,3-19,24-27H2,1-2H3. The van der Waals surface area contributed by atoms with Crippen molar-refractivity contribution in [2.24, 2.45) is 5.92 Å². The number of unbranched alkanes of at least 4 members (excludes halogenated alkanes) is 13. The Labute approximate surface area is 206 Å². The first-order valence-electron chi connectivity index (χ1n) is 14.9. The summed E-state index contributed by atoms with van der Waals surface area (Å²) in [5.41, 5.74) is 3.01. The van der Waals surface area contributed by atoms with Gasteiger partial charge in [0.05, 0.1) is 0 Å². The summed E-state index contributed by atoms with van der Waals surface area (Å²) >= 11 is 0. The van der Waals surface area contributed by atoms with E-state index < -0.39 is 0 Å². The Morgan fingerprint density at radius 3 is 1.67 bits per heavy atom. The zero-order valence-electron chi connectivity index (χ0n) is 22.2. The zero-order valence-corrected chi connectivity index (χ0v) is 22.2. The lowest BCUT2D eigenvalue weighted by atomic mass is 9.76. The van der Waals surface area contributed by atoms with Gasteiger partial charge in [0, 0.05) is 12.3 Å². The molecular formula is C32H54O. The Kier molecular flexibility index (Phi) is 15.6. The molecule has 0 unspecified atom stereocenters. The summed E-state index contributed by atoms with van der Waals surface area (Å²) in [7, 11) is 0. The Morgan fingerprint density at radius 1 is 0.636 bits per heavy atom. The lowest BCUT2D eigenvalue weighted by Gasteiger charge is -2.28. The van der Waals surface area contributed by atoms with E-state index in [1.54, 1.807) is 0 Å². The average Bonchev–Trinajstić information content (AvgIpc) is 2.85. The maximum atomic E-state index is 12.6. The van der Waals surface area contributed by atoms with E-state index in [0.717, 1.165) is 25.7 Å². The van der Waals surface area contributed by atoms with Crippen LogP contribution in [0.3, 0.4) is 0 Å². The molecule has 1 nitrogen and oxygen atoms in total. The molecule has 1 heteroatoms. The second-order valence-electron chi connectivity index (χ2n) is 10.9. The molecule has 0 atom stereocenters. The lowest BCUT2D eigenvalue weighted by molar-refractivity contribution is -0.124. The van der Waals surface area contributed by atoms with Crippen LogP contribution in [0.25, 0.3) is 0 Å². The SMILES string of the molecule is CCCCCCCCCCCc1ccc(C2CCC(C(=O)CCCCCCCC)CC2)cc1. The molecule has 0 N–H and O–H groups in total. The molecule has 0 heterocycles. The number of carbonyl (C=O) groups is 1. The number of hydrogen-bond acceptors (Lipinski definition) is 1. The van der Waals surface area contributed by atoms with Gasteiger partial charge in [0.15, 0.2) is 0 Å². The van der Waals surface area contributed by atoms with E-state index in [-0.39, 0.29) is 0 Å². The van der Waals surface area contributed by atoms with Crippen molar-refractivity contribution in [3.8, 4) is 0 Å². The molecule has 1 aliphatic carbocycles. The van der Waals surface area contributed by atoms with Gasteiger partial charge in [-0.3, -0.25) is 4.79 Å². The van der Waals surface area contributed by atoms with Crippen molar-refractivity contribution < 1.29 is 4.79 Å². The molecule has 0 aromatic heterocycles. The monoisotopic (exact) mass is 454 g/mol. The minimum Gasteiger partial charge on any atom is -0.299 e. The highest BCUT2D eigenvalue weighted by molar-refractivity contribution is 5.81. The lowest BCUT2D eigenvalue weighted by Crippen LogP contribution is -2.21. The van der Waals surface area contributed by atoms with Crippen molar-refractivity contribution >= 4 is 5.78 Å². The summed E-state index contributed by atoms with van der Waals surface area (Å²) in [4.78, 5) is 12.6. The molecule has 1 fully saturated rings. The Bertz CT molecular complexity index is 593. The number of rotatable bonds is 19. The molecule has 2 rings (SSSR count). The van der Waals surface area contributed by atoms with Gasteiger partial charge in [-0.15, -0.1) is 0 Å². The third kappa shape index (κ3) is 12.2. The number of benzene rings is 1. The molecule has 0 aliphatic heterocycles. The van der Waals surface area contributed by atoms with E-state index in [1.807, 2.05) is 0 Å². The highest BCUT2D eigenvalue weighted by Gasteiger charge is 2.26. The van der Waals surface area contributed by atoms with Crippen LogP contribution >= 0.6 is 0 Å². The molecular weight excluding hydrogens is 400 g/mol.